The number of rotatable bonds is 1. The SMILES string of the molecule is Cc1nc(Cl)c(-c2cccc3cnccc23)nc1C. The molecular formula is C15H12ClN3. The Morgan fingerprint density at radius 2 is 1.79 bits per heavy atom. The molecule has 0 N–H and O–H groups in total. The molecule has 1 aromatic carbocycles. The Morgan fingerprint density at radius 3 is 2.63 bits per heavy atom. The van der Waals surface area contributed by atoms with Crippen molar-refractivity contribution < 1.29 is 0 Å². The topological polar surface area (TPSA) is 38.7 Å². The highest BCUT2D eigenvalue weighted by atomic mass is 35.5. The maximum atomic E-state index is 6.25. The minimum Gasteiger partial charge on any atom is -0.264 e. The number of fused-ring (bicyclic) bond motifs is 1. The van der Waals surface area contributed by atoms with Crippen LogP contribution in [0.1, 0.15) is 11.4 Å². The summed E-state index contributed by atoms with van der Waals surface area (Å²) in [5.74, 6) is 0. The molecule has 0 fully saturated rings. The normalized spacial score (nSPS) is 10.9. The number of hydrogen-bond acceptors (Lipinski definition) is 3. The van der Waals surface area contributed by atoms with E-state index in [0.717, 1.165) is 33.4 Å². The van der Waals surface area contributed by atoms with Crippen LogP contribution in [0.25, 0.3) is 22.0 Å². The second-order valence-electron chi connectivity index (χ2n) is 4.44. The van der Waals surface area contributed by atoms with Gasteiger partial charge in [-0.1, -0.05) is 29.8 Å². The van der Waals surface area contributed by atoms with E-state index >= 15 is 0 Å². The average molecular weight is 270 g/mol. The molecule has 0 spiro atoms. The molecular weight excluding hydrogens is 258 g/mol. The van der Waals surface area contributed by atoms with Gasteiger partial charge >= 0.3 is 0 Å². The first kappa shape index (κ1) is 12.1. The van der Waals surface area contributed by atoms with Gasteiger partial charge in [-0.2, -0.15) is 0 Å². The van der Waals surface area contributed by atoms with Crippen molar-refractivity contribution in [3.63, 3.8) is 0 Å². The zero-order valence-corrected chi connectivity index (χ0v) is 11.4. The standard InChI is InChI=1S/C15H12ClN3/c1-9-10(2)19-15(16)14(18-9)13-5-3-4-11-8-17-7-6-12(11)13/h3-8H,1-2H3. The summed E-state index contributed by atoms with van der Waals surface area (Å²) in [6, 6.07) is 7.98. The highest BCUT2D eigenvalue weighted by Gasteiger charge is 2.12. The minimum absolute atomic E-state index is 0.437. The van der Waals surface area contributed by atoms with Crippen molar-refractivity contribution in [2.24, 2.45) is 0 Å². The molecule has 94 valence electrons. The summed E-state index contributed by atoms with van der Waals surface area (Å²) >= 11 is 6.25. The second kappa shape index (κ2) is 4.59. The summed E-state index contributed by atoms with van der Waals surface area (Å²) in [7, 11) is 0. The molecule has 0 unspecified atom stereocenters. The Balaban J connectivity index is 2.33. The highest BCUT2D eigenvalue weighted by molar-refractivity contribution is 6.32. The average Bonchev–Trinajstić information content (AvgIpc) is 2.42. The predicted molar refractivity (Wildman–Crippen MR) is 77.3 cm³/mol. The molecule has 2 aromatic heterocycles. The van der Waals surface area contributed by atoms with E-state index < -0.39 is 0 Å². The van der Waals surface area contributed by atoms with E-state index in [1.165, 1.54) is 0 Å². The molecule has 0 radical (unpaired) electrons. The van der Waals surface area contributed by atoms with Crippen molar-refractivity contribution >= 4 is 22.4 Å². The molecule has 0 aliphatic heterocycles. The quantitative estimate of drug-likeness (QED) is 0.671. The molecule has 3 aromatic rings. The lowest BCUT2D eigenvalue weighted by molar-refractivity contribution is 1.05. The van der Waals surface area contributed by atoms with Crippen molar-refractivity contribution in [3.05, 3.63) is 53.2 Å². The maximum absolute atomic E-state index is 6.25. The van der Waals surface area contributed by atoms with E-state index in [1.807, 2.05) is 44.3 Å². The van der Waals surface area contributed by atoms with Gasteiger partial charge in [0.1, 0.15) is 5.69 Å². The van der Waals surface area contributed by atoms with Crippen molar-refractivity contribution in [3.8, 4) is 11.3 Å². The van der Waals surface area contributed by atoms with Crippen molar-refractivity contribution in [2.45, 2.75) is 13.8 Å². The van der Waals surface area contributed by atoms with Crippen LogP contribution in [0.3, 0.4) is 0 Å². The van der Waals surface area contributed by atoms with Crippen LogP contribution in [0.2, 0.25) is 5.15 Å². The van der Waals surface area contributed by atoms with Gasteiger partial charge in [-0.15, -0.1) is 0 Å². The Bertz CT molecular complexity index is 763. The lowest BCUT2D eigenvalue weighted by atomic mass is 10.0. The molecule has 0 atom stereocenters. The molecule has 3 rings (SSSR count). The van der Waals surface area contributed by atoms with Crippen molar-refractivity contribution in [1.29, 1.82) is 0 Å². The van der Waals surface area contributed by atoms with Crippen LogP contribution in [-0.4, -0.2) is 15.0 Å². The molecule has 0 amide bonds. The van der Waals surface area contributed by atoms with Gasteiger partial charge in [0.2, 0.25) is 0 Å². The van der Waals surface area contributed by atoms with E-state index in [4.69, 9.17) is 11.6 Å². The maximum Gasteiger partial charge on any atom is 0.155 e. The predicted octanol–water partition coefficient (Wildman–Crippen LogP) is 3.96. The van der Waals surface area contributed by atoms with Gasteiger partial charge in [0.15, 0.2) is 5.15 Å². The van der Waals surface area contributed by atoms with Gasteiger partial charge in [0.25, 0.3) is 0 Å². The first-order chi connectivity index (χ1) is 9.16. The number of nitrogens with zero attached hydrogens (tertiary/aromatic N) is 3. The van der Waals surface area contributed by atoms with E-state index in [-0.39, 0.29) is 0 Å². The summed E-state index contributed by atoms with van der Waals surface area (Å²) in [4.78, 5) is 13.1. The first-order valence-corrected chi connectivity index (χ1v) is 6.38. The summed E-state index contributed by atoms with van der Waals surface area (Å²) in [5, 5.41) is 2.58. The van der Waals surface area contributed by atoms with Crippen LogP contribution in [0.15, 0.2) is 36.7 Å². The highest BCUT2D eigenvalue weighted by Crippen LogP contribution is 2.31. The number of aromatic nitrogens is 3. The van der Waals surface area contributed by atoms with Crippen molar-refractivity contribution in [1.82, 2.24) is 15.0 Å². The van der Waals surface area contributed by atoms with Gasteiger partial charge < -0.3 is 0 Å². The fourth-order valence-electron chi connectivity index (χ4n) is 2.08. The third-order valence-electron chi connectivity index (χ3n) is 3.20. The van der Waals surface area contributed by atoms with Gasteiger partial charge in [0.05, 0.1) is 11.4 Å². The summed E-state index contributed by atoms with van der Waals surface area (Å²) in [5.41, 5.74) is 3.46. The van der Waals surface area contributed by atoms with Crippen LogP contribution in [0.5, 0.6) is 0 Å². The monoisotopic (exact) mass is 269 g/mol. The molecule has 0 aliphatic carbocycles. The Kier molecular flexibility index (Phi) is 2.91. The molecule has 4 heteroatoms. The summed E-state index contributed by atoms with van der Waals surface area (Å²) in [6.07, 6.45) is 3.61. The Morgan fingerprint density at radius 1 is 1.00 bits per heavy atom. The van der Waals surface area contributed by atoms with Gasteiger partial charge in [-0.05, 0) is 25.3 Å². The van der Waals surface area contributed by atoms with E-state index in [0.29, 0.717) is 5.15 Å². The van der Waals surface area contributed by atoms with Crippen LogP contribution in [-0.2, 0) is 0 Å². The lowest BCUT2D eigenvalue weighted by Crippen LogP contribution is -1.97. The number of aryl methyl sites for hydroxylation is 2. The van der Waals surface area contributed by atoms with E-state index in [9.17, 15) is 0 Å². The largest absolute Gasteiger partial charge is 0.264 e. The first-order valence-electron chi connectivity index (χ1n) is 6.00. The molecule has 2 heterocycles. The summed E-state index contributed by atoms with van der Waals surface area (Å²) in [6.45, 7) is 3.85. The van der Waals surface area contributed by atoms with Gasteiger partial charge in [0, 0.05) is 23.3 Å². The fourth-order valence-corrected chi connectivity index (χ4v) is 2.35. The summed E-state index contributed by atoms with van der Waals surface area (Å²) < 4.78 is 0. The number of halogens is 1. The molecule has 0 bridgehead atoms. The van der Waals surface area contributed by atoms with Crippen LogP contribution < -0.4 is 0 Å². The van der Waals surface area contributed by atoms with Gasteiger partial charge in [-0.3, -0.25) is 4.98 Å². The number of pyridine rings is 1. The molecule has 3 nitrogen and oxygen atoms in total. The molecule has 0 saturated heterocycles. The molecule has 0 saturated carbocycles. The van der Waals surface area contributed by atoms with E-state index in [1.54, 1.807) is 6.20 Å². The van der Waals surface area contributed by atoms with E-state index in [2.05, 4.69) is 15.0 Å². The van der Waals surface area contributed by atoms with Crippen LogP contribution in [0.4, 0.5) is 0 Å². The second-order valence-corrected chi connectivity index (χ2v) is 4.79. The Labute approximate surface area is 116 Å². The number of hydrogen-bond donors (Lipinski definition) is 0. The third-order valence-corrected chi connectivity index (χ3v) is 3.46. The lowest BCUT2D eigenvalue weighted by Gasteiger charge is -2.09. The minimum atomic E-state index is 0.437. The molecule has 0 aliphatic rings. The van der Waals surface area contributed by atoms with Crippen LogP contribution in [0, 0.1) is 13.8 Å². The zero-order chi connectivity index (χ0) is 13.4. The Hall–Kier alpha value is -2.00. The molecule has 19 heavy (non-hydrogen) atoms. The smallest absolute Gasteiger partial charge is 0.155 e. The van der Waals surface area contributed by atoms with Crippen molar-refractivity contribution in [2.75, 3.05) is 0 Å². The third kappa shape index (κ3) is 2.06. The van der Waals surface area contributed by atoms with Gasteiger partial charge in [-0.25, -0.2) is 9.97 Å². The number of benzene rings is 1. The zero-order valence-electron chi connectivity index (χ0n) is 10.7. The fraction of sp³-hybridized carbons (Fsp3) is 0.133. The van der Waals surface area contributed by atoms with Crippen LogP contribution >= 0.6 is 11.6 Å².